The van der Waals surface area contributed by atoms with Gasteiger partial charge in [0.2, 0.25) is 0 Å². The second kappa shape index (κ2) is 10.3. The zero-order valence-corrected chi connectivity index (χ0v) is 13.2. The molecule has 0 atom stereocenters. The van der Waals surface area contributed by atoms with Gasteiger partial charge in [-0.25, -0.2) is 0 Å². The van der Waals surface area contributed by atoms with E-state index < -0.39 is 0 Å². The highest BCUT2D eigenvalue weighted by atomic mass is 127. The first-order valence-corrected chi connectivity index (χ1v) is 7.25. The molecule has 0 bridgehead atoms. The van der Waals surface area contributed by atoms with Crippen LogP contribution in [0.5, 0.6) is 0 Å². The maximum Gasteiger partial charge on any atom is 0.188 e. The first kappa shape index (κ1) is 16.6. The number of methoxy groups -OCH3 is 1. The molecule has 0 saturated carbocycles. The smallest absolute Gasteiger partial charge is 0.188 e. The van der Waals surface area contributed by atoms with Crippen LogP contribution in [0.4, 0.5) is 0 Å². The number of rotatable bonds is 10. The number of Topliss-reactive ketones (excluding diaryl/α,β-unsaturated/α-hetero) is 1. The van der Waals surface area contributed by atoms with Gasteiger partial charge in [-0.2, -0.15) is 0 Å². The molecular weight excluding hydrogens is 359 g/mol. The van der Waals surface area contributed by atoms with Gasteiger partial charge in [0, 0.05) is 29.5 Å². The van der Waals surface area contributed by atoms with E-state index in [4.69, 9.17) is 14.2 Å². The van der Waals surface area contributed by atoms with E-state index in [9.17, 15) is 4.79 Å². The molecule has 5 heteroatoms. The van der Waals surface area contributed by atoms with Crippen molar-refractivity contribution in [1.29, 1.82) is 0 Å². The predicted octanol–water partition coefficient (Wildman–Crippen LogP) is 2.54. The molecule has 0 N–H and O–H groups in total. The van der Waals surface area contributed by atoms with Crippen molar-refractivity contribution in [2.45, 2.75) is 6.42 Å². The highest BCUT2D eigenvalue weighted by molar-refractivity contribution is 14.1. The Bertz CT molecular complexity index is 364. The van der Waals surface area contributed by atoms with Crippen molar-refractivity contribution >= 4 is 28.4 Å². The van der Waals surface area contributed by atoms with E-state index in [1.165, 1.54) is 0 Å². The van der Waals surface area contributed by atoms with Gasteiger partial charge in [0.15, 0.2) is 5.78 Å². The molecule has 1 aromatic carbocycles. The monoisotopic (exact) mass is 378 g/mol. The highest BCUT2D eigenvalue weighted by Crippen LogP contribution is 2.07. The van der Waals surface area contributed by atoms with Crippen molar-refractivity contribution in [2.24, 2.45) is 0 Å². The average molecular weight is 378 g/mol. The molecule has 0 aromatic heterocycles. The van der Waals surface area contributed by atoms with Crippen LogP contribution in [0, 0.1) is 3.57 Å². The van der Waals surface area contributed by atoms with E-state index >= 15 is 0 Å². The molecule has 0 aliphatic carbocycles. The molecule has 0 unspecified atom stereocenters. The largest absolute Gasteiger partial charge is 0.385 e. The van der Waals surface area contributed by atoms with Crippen molar-refractivity contribution in [3.63, 3.8) is 0 Å². The van der Waals surface area contributed by atoms with Crippen molar-refractivity contribution in [3.05, 3.63) is 33.4 Å². The molecule has 19 heavy (non-hydrogen) atoms. The third-order valence-corrected chi connectivity index (χ3v) is 3.13. The standard InChI is InChI=1S/C14H19IO4/c1-17-7-2-8-18-9-10-19-11-14(16)12-3-5-13(15)6-4-12/h3-6H,2,7-11H2,1H3. The van der Waals surface area contributed by atoms with Gasteiger partial charge in [-0.3, -0.25) is 4.79 Å². The molecule has 0 heterocycles. The Morgan fingerprint density at radius 3 is 2.42 bits per heavy atom. The molecule has 0 amide bonds. The molecule has 106 valence electrons. The van der Waals surface area contributed by atoms with E-state index in [0.29, 0.717) is 32.0 Å². The SMILES string of the molecule is COCCCOCCOCC(=O)c1ccc(I)cc1. The number of hydrogen-bond acceptors (Lipinski definition) is 4. The van der Waals surface area contributed by atoms with Gasteiger partial charge in [0.05, 0.1) is 13.2 Å². The van der Waals surface area contributed by atoms with E-state index in [1.54, 1.807) is 7.11 Å². The summed E-state index contributed by atoms with van der Waals surface area (Å²) in [4.78, 5) is 11.7. The zero-order chi connectivity index (χ0) is 13.9. The molecule has 0 spiro atoms. The summed E-state index contributed by atoms with van der Waals surface area (Å²) in [6, 6.07) is 7.45. The van der Waals surface area contributed by atoms with Gasteiger partial charge in [-0.1, -0.05) is 12.1 Å². The van der Waals surface area contributed by atoms with Crippen LogP contribution < -0.4 is 0 Å². The fraction of sp³-hybridized carbons (Fsp3) is 0.500. The van der Waals surface area contributed by atoms with Crippen molar-refractivity contribution < 1.29 is 19.0 Å². The van der Waals surface area contributed by atoms with Crippen molar-refractivity contribution in [3.8, 4) is 0 Å². The Morgan fingerprint density at radius 2 is 1.74 bits per heavy atom. The molecule has 0 saturated heterocycles. The second-order valence-electron chi connectivity index (χ2n) is 3.94. The lowest BCUT2D eigenvalue weighted by Crippen LogP contribution is -2.13. The number of hydrogen-bond donors (Lipinski definition) is 0. The Hall–Kier alpha value is -0.500. The number of carbonyl (C=O) groups is 1. The van der Waals surface area contributed by atoms with Crippen LogP contribution in [0.3, 0.4) is 0 Å². The van der Waals surface area contributed by atoms with E-state index in [1.807, 2.05) is 24.3 Å². The first-order valence-electron chi connectivity index (χ1n) is 6.17. The fourth-order valence-electron chi connectivity index (χ4n) is 1.41. The van der Waals surface area contributed by atoms with E-state index in [-0.39, 0.29) is 12.4 Å². The Balaban J connectivity index is 2.06. The van der Waals surface area contributed by atoms with Crippen LogP contribution in [0.1, 0.15) is 16.8 Å². The molecule has 1 rings (SSSR count). The van der Waals surface area contributed by atoms with E-state index in [0.717, 1.165) is 9.99 Å². The molecule has 0 aliphatic rings. The Kier molecular flexibility index (Phi) is 8.98. The summed E-state index contributed by atoms with van der Waals surface area (Å²) < 4.78 is 16.6. The summed E-state index contributed by atoms with van der Waals surface area (Å²) in [6.07, 6.45) is 0.873. The number of halogens is 1. The lowest BCUT2D eigenvalue weighted by atomic mass is 10.1. The fourth-order valence-corrected chi connectivity index (χ4v) is 1.77. The molecule has 0 aliphatic heterocycles. The molecule has 0 radical (unpaired) electrons. The zero-order valence-electron chi connectivity index (χ0n) is 11.1. The van der Waals surface area contributed by atoms with E-state index in [2.05, 4.69) is 22.6 Å². The Labute approximate surface area is 127 Å². The minimum absolute atomic E-state index is 0.00390. The van der Waals surface area contributed by atoms with Gasteiger partial charge in [-0.05, 0) is 41.1 Å². The number of benzene rings is 1. The second-order valence-corrected chi connectivity index (χ2v) is 5.19. The third kappa shape index (κ3) is 7.61. The lowest BCUT2D eigenvalue weighted by Gasteiger charge is -2.05. The Morgan fingerprint density at radius 1 is 1.05 bits per heavy atom. The minimum atomic E-state index is -0.00390. The van der Waals surface area contributed by atoms with Gasteiger partial charge in [-0.15, -0.1) is 0 Å². The van der Waals surface area contributed by atoms with Crippen LogP contribution >= 0.6 is 22.6 Å². The van der Waals surface area contributed by atoms with Gasteiger partial charge >= 0.3 is 0 Å². The summed E-state index contributed by atoms with van der Waals surface area (Å²) in [5, 5.41) is 0. The van der Waals surface area contributed by atoms with Crippen LogP contribution in [-0.4, -0.2) is 45.9 Å². The van der Waals surface area contributed by atoms with Crippen LogP contribution in [0.25, 0.3) is 0 Å². The van der Waals surface area contributed by atoms with Crippen LogP contribution in [0.15, 0.2) is 24.3 Å². The third-order valence-electron chi connectivity index (χ3n) is 2.41. The normalized spacial score (nSPS) is 10.6. The van der Waals surface area contributed by atoms with Crippen molar-refractivity contribution in [1.82, 2.24) is 0 Å². The predicted molar refractivity (Wildman–Crippen MR) is 81.6 cm³/mol. The van der Waals surface area contributed by atoms with Gasteiger partial charge in [0.1, 0.15) is 6.61 Å². The summed E-state index contributed by atoms with van der Waals surface area (Å²) in [7, 11) is 1.67. The topological polar surface area (TPSA) is 44.8 Å². The summed E-state index contributed by atoms with van der Waals surface area (Å²) >= 11 is 2.21. The maximum atomic E-state index is 11.7. The summed E-state index contributed by atoms with van der Waals surface area (Å²) in [5.74, 6) is -0.00390. The number of carbonyl (C=O) groups excluding carboxylic acids is 1. The maximum absolute atomic E-state index is 11.7. The first-order chi connectivity index (χ1) is 9.24. The highest BCUT2D eigenvalue weighted by Gasteiger charge is 2.05. The molecule has 1 aromatic rings. The van der Waals surface area contributed by atoms with Gasteiger partial charge in [0.25, 0.3) is 0 Å². The lowest BCUT2D eigenvalue weighted by molar-refractivity contribution is 0.0382. The number of ketones is 1. The summed E-state index contributed by atoms with van der Waals surface area (Å²) in [5.41, 5.74) is 0.682. The van der Waals surface area contributed by atoms with Crippen molar-refractivity contribution in [2.75, 3.05) is 40.1 Å². The van der Waals surface area contributed by atoms with Crippen LogP contribution in [-0.2, 0) is 14.2 Å². The average Bonchev–Trinajstić information content (AvgIpc) is 2.42. The van der Waals surface area contributed by atoms with Crippen LogP contribution in [0.2, 0.25) is 0 Å². The quantitative estimate of drug-likeness (QED) is 0.357. The molecular formula is C14H19IO4. The summed E-state index contributed by atoms with van der Waals surface area (Å²) in [6.45, 7) is 2.39. The molecule has 4 nitrogen and oxygen atoms in total. The minimum Gasteiger partial charge on any atom is -0.385 e. The molecule has 0 fully saturated rings. The van der Waals surface area contributed by atoms with Gasteiger partial charge < -0.3 is 14.2 Å². The number of ether oxygens (including phenoxy) is 3.